The SMILES string of the molecule is CP(C)C.C[PH+](C)C.C[PH+](C)C.[CH]1[CH]CC[CH][CH]CC1.[Cl-].[Ir]. The quantitative estimate of drug-likeness (QED) is 0.396. The van der Waals surface area contributed by atoms with Crippen molar-refractivity contribution < 1.29 is 32.5 Å². The number of rotatable bonds is 0. The van der Waals surface area contributed by atoms with Gasteiger partial charge >= 0.3 is 0 Å². The van der Waals surface area contributed by atoms with Gasteiger partial charge in [0.2, 0.25) is 0 Å². The van der Waals surface area contributed by atoms with Gasteiger partial charge < -0.3 is 12.4 Å². The van der Waals surface area contributed by atoms with Crippen LogP contribution in [0.1, 0.15) is 25.7 Å². The molecule has 22 heavy (non-hydrogen) atoms. The first-order valence-electron chi connectivity index (χ1n) is 7.64. The third kappa shape index (κ3) is 95.7. The van der Waals surface area contributed by atoms with Gasteiger partial charge in [-0.05, 0) is 87.2 Å². The standard InChI is InChI=1S/C8H12.3C3H9P.ClH.Ir/c1-2-4-6-8-7-5-3-1;3*1-4(2)3;;/h1-2,7-8H,3-6H2;3*1-3H3;1H;/p+1. The van der Waals surface area contributed by atoms with Crippen LogP contribution in [0.3, 0.4) is 0 Å². The van der Waals surface area contributed by atoms with Crippen molar-refractivity contribution in [2.24, 2.45) is 0 Å². The Morgan fingerprint density at radius 2 is 0.682 bits per heavy atom. The minimum Gasteiger partial charge on any atom is -1.00 e. The van der Waals surface area contributed by atoms with Crippen LogP contribution < -0.4 is 12.4 Å². The normalized spacial score (nSPS) is 13.6. The van der Waals surface area contributed by atoms with Gasteiger partial charge in [0, 0.05) is 60.1 Å². The van der Waals surface area contributed by atoms with Crippen LogP contribution in [0.15, 0.2) is 0 Å². The monoisotopic (exact) mass is 566 g/mol. The predicted molar refractivity (Wildman–Crippen MR) is 113 cm³/mol. The molecule has 1 aliphatic rings. The number of hydrogen-bond acceptors (Lipinski definition) is 0. The zero-order valence-corrected chi connectivity index (χ0v) is 22.3. The maximum absolute atomic E-state index is 2.27. The molecule has 0 aromatic heterocycles. The second-order valence-electron chi connectivity index (χ2n) is 6.44. The topological polar surface area (TPSA) is 0 Å². The van der Waals surface area contributed by atoms with Gasteiger partial charge in [-0.1, -0.05) is 0 Å². The summed E-state index contributed by atoms with van der Waals surface area (Å²) in [4.78, 5) is 0. The molecule has 1 fully saturated rings. The first kappa shape index (κ1) is 35.4. The van der Waals surface area contributed by atoms with Crippen molar-refractivity contribution in [2.45, 2.75) is 25.7 Å². The van der Waals surface area contributed by atoms with Crippen LogP contribution in [0.25, 0.3) is 0 Å². The molecule has 0 atom stereocenters. The number of hydrogen-bond donors (Lipinski definition) is 0. The van der Waals surface area contributed by atoms with Crippen molar-refractivity contribution in [3.63, 3.8) is 0 Å². The molecule has 0 N–H and O–H groups in total. The van der Waals surface area contributed by atoms with E-state index in [1.165, 1.54) is 25.7 Å². The molecule has 1 aliphatic carbocycles. The summed E-state index contributed by atoms with van der Waals surface area (Å²) in [6.45, 7) is 20.3. The fraction of sp³-hybridized carbons (Fsp3) is 0.765. The molecular weight excluding hydrogens is 525 g/mol. The van der Waals surface area contributed by atoms with Crippen molar-refractivity contribution >= 4 is 23.8 Å². The summed E-state index contributed by atoms with van der Waals surface area (Å²) in [6.07, 6.45) is 14.0. The summed E-state index contributed by atoms with van der Waals surface area (Å²) < 4.78 is 0. The Balaban J connectivity index is -0.0000000607. The Hall–Kier alpha value is 2.23. The molecule has 0 unspecified atom stereocenters. The Kier molecular flexibility index (Phi) is 49.9. The van der Waals surface area contributed by atoms with Crippen molar-refractivity contribution in [2.75, 3.05) is 60.0 Å². The van der Waals surface area contributed by atoms with E-state index in [4.69, 9.17) is 0 Å². The van der Waals surface area contributed by atoms with Gasteiger partial charge in [0.1, 0.15) is 0 Å². The Labute approximate surface area is 167 Å². The van der Waals surface area contributed by atoms with Gasteiger partial charge in [-0.3, -0.25) is 0 Å². The smallest absolute Gasteiger partial charge is 0.0461 e. The zero-order chi connectivity index (χ0) is 16.4. The summed E-state index contributed by atoms with van der Waals surface area (Å²) in [5, 5.41) is 0. The summed E-state index contributed by atoms with van der Waals surface area (Å²) in [7, 11) is 0.620. The van der Waals surface area contributed by atoms with Crippen LogP contribution in [0.5, 0.6) is 0 Å². The van der Waals surface area contributed by atoms with E-state index in [1.54, 1.807) is 0 Å². The van der Waals surface area contributed by atoms with E-state index >= 15 is 0 Å². The van der Waals surface area contributed by atoms with E-state index in [1.807, 2.05) is 0 Å². The van der Waals surface area contributed by atoms with Gasteiger partial charge in [-0.2, -0.15) is 0 Å². The van der Waals surface area contributed by atoms with Crippen molar-refractivity contribution in [3.8, 4) is 0 Å². The van der Waals surface area contributed by atoms with Gasteiger partial charge in [0.15, 0.2) is 0 Å². The maximum Gasteiger partial charge on any atom is 0.0461 e. The minimum absolute atomic E-state index is 0. The molecule has 0 aromatic carbocycles. The van der Waals surface area contributed by atoms with Gasteiger partial charge in [0.25, 0.3) is 0 Å². The molecule has 1 rings (SSSR count). The molecule has 0 nitrogen and oxygen atoms in total. The van der Waals surface area contributed by atoms with Crippen LogP contribution in [0.4, 0.5) is 0 Å². The fourth-order valence-electron chi connectivity index (χ4n) is 0.856. The molecule has 1 saturated carbocycles. The van der Waals surface area contributed by atoms with Gasteiger partial charge in [-0.15, -0.1) is 7.92 Å². The Bertz CT molecular complexity index is 110. The Morgan fingerprint density at radius 3 is 0.773 bits per heavy atom. The summed E-state index contributed by atoms with van der Waals surface area (Å²) in [6, 6.07) is 0. The molecular formula is C17H41ClIrP3+. The van der Waals surface area contributed by atoms with Crippen LogP contribution in [-0.2, 0) is 20.1 Å². The molecule has 139 valence electrons. The minimum atomic E-state index is 0. The summed E-state index contributed by atoms with van der Waals surface area (Å²) >= 11 is 0. The first-order valence-corrected chi connectivity index (χ1v) is 16.3. The van der Waals surface area contributed by atoms with E-state index in [0.29, 0.717) is 7.92 Å². The Morgan fingerprint density at radius 1 is 0.591 bits per heavy atom. The largest absolute Gasteiger partial charge is 1.00 e. The van der Waals surface area contributed by atoms with E-state index < -0.39 is 0 Å². The third-order valence-corrected chi connectivity index (χ3v) is 1.33. The summed E-state index contributed by atoms with van der Waals surface area (Å²) in [5.74, 6) is 0. The van der Waals surface area contributed by atoms with E-state index in [2.05, 4.69) is 85.7 Å². The van der Waals surface area contributed by atoms with Crippen LogP contribution >= 0.6 is 23.8 Å². The molecule has 0 spiro atoms. The third-order valence-electron chi connectivity index (χ3n) is 1.33. The number of halogens is 1. The van der Waals surface area contributed by atoms with Gasteiger partial charge in [0.05, 0.1) is 0 Å². The van der Waals surface area contributed by atoms with Gasteiger partial charge in [-0.25, -0.2) is 0 Å². The first-order chi connectivity index (χ1) is 9.20. The fourth-order valence-corrected chi connectivity index (χ4v) is 0.856. The van der Waals surface area contributed by atoms with E-state index in [0.717, 1.165) is 0 Å². The predicted octanol–water partition coefficient (Wildman–Crippen LogP) is 2.92. The van der Waals surface area contributed by atoms with Crippen molar-refractivity contribution in [1.82, 2.24) is 0 Å². The average Bonchev–Trinajstić information content (AvgIpc) is 2.12. The van der Waals surface area contributed by atoms with Crippen LogP contribution in [0, 0.1) is 25.7 Å². The second-order valence-corrected chi connectivity index (χ2v) is 15.1. The van der Waals surface area contributed by atoms with Crippen LogP contribution in [-0.4, -0.2) is 60.0 Å². The van der Waals surface area contributed by atoms with Crippen molar-refractivity contribution in [3.05, 3.63) is 25.7 Å². The molecule has 5 heteroatoms. The summed E-state index contributed by atoms with van der Waals surface area (Å²) in [5.41, 5.74) is 0. The molecule has 0 aromatic rings. The average molecular weight is 566 g/mol. The van der Waals surface area contributed by atoms with E-state index in [-0.39, 0.29) is 48.4 Å². The van der Waals surface area contributed by atoms with Crippen molar-refractivity contribution in [1.29, 1.82) is 0 Å². The maximum atomic E-state index is 2.27. The molecule has 0 bridgehead atoms. The molecule has 0 heterocycles. The van der Waals surface area contributed by atoms with Crippen LogP contribution in [0.2, 0.25) is 0 Å². The molecule has 0 amide bonds. The molecule has 5 radical (unpaired) electrons. The zero-order valence-electron chi connectivity index (χ0n) is 16.3. The van der Waals surface area contributed by atoms with E-state index in [9.17, 15) is 0 Å². The molecule has 0 saturated heterocycles. The molecule has 0 aliphatic heterocycles. The second kappa shape index (κ2) is 31.0.